The molecule has 0 radical (unpaired) electrons. The van der Waals surface area contributed by atoms with Crippen molar-refractivity contribution < 1.29 is 60.4 Å². The third-order valence-electron chi connectivity index (χ3n) is 0. The van der Waals surface area contributed by atoms with Gasteiger partial charge in [0.1, 0.15) is 0 Å². The van der Waals surface area contributed by atoms with Gasteiger partial charge in [0.05, 0.1) is 0 Å². The molecule has 0 rings (SSSR count). The van der Waals surface area contributed by atoms with Crippen molar-refractivity contribution >= 4 is 0 Å². The average molecular weight is 471 g/mol. The minimum atomic E-state index is -0.417. The Kier molecular flexibility index (Phi) is 47.0. The van der Waals surface area contributed by atoms with E-state index in [0.717, 1.165) is 0 Å². The van der Waals surface area contributed by atoms with Crippen molar-refractivity contribution in [3.05, 3.63) is 0 Å². The molecule has 17 heavy (non-hydrogen) atoms. The third-order valence-corrected chi connectivity index (χ3v) is 0. The molecule has 0 aromatic heterocycles. The van der Waals surface area contributed by atoms with Gasteiger partial charge in [-0.15, -0.1) is 6.10 Å². The van der Waals surface area contributed by atoms with E-state index in [9.17, 15) is 5.11 Å². The molecule has 0 saturated heterocycles. The molecule has 5 heteroatoms. The van der Waals surface area contributed by atoms with Crippen LogP contribution in [0.1, 0.15) is 55.4 Å². The topological polar surface area (TPSA) is 83.8 Å². The molecule has 0 unspecified atom stereocenters. The van der Waals surface area contributed by atoms with E-state index in [1.807, 2.05) is 0 Å². The number of aliphatic hydroxyl groups excluding tert-OH is 3. The molecular formula is C12H31O4Th-. The van der Waals surface area contributed by atoms with Gasteiger partial charge in [-0.3, -0.25) is 0 Å². The van der Waals surface area contributed by atoms with Crippen molar-refractivity contribution in [2.45, 2.75) is 79.8 Å². The minimum Gasteiger partial charge on any atom is -0.852 e. The maximum absolute atomic E-state index is 9.53. The van der Waals surface area contributed by atoms with Gasteiger partial charge in [0, 0.05) is 58.3 Å². The number of aliphatic hydroxyl groups is 3. The zero-order valence-corrected chi connectivity index (χ0v) is 16.7. The van der Waals surface area contributed by atoms with Crippen LogP contribution in [0.5, 0.6) is 0 Å². The first-order chi connectivity index (χ1) is 6.93. The summed E-state index contributed by atoms with van der Waals surface area (Å²) in [5.74, 6) is 0. The molecule has 0 fully saturated rings. The average Bonchev–Trinajstić information content (AvgIpc) is 1.76. The maximum atomic E-state index is 9.53. The van der Waals surface area contributed by atoms with Crippen LogP contribution < -0.4 is 5.11 Å². The van der Waals surface area contributed by atoms with Gasteiger partial charge in [-0.1, -0.05) is 13.8 Å². The van der Waals surface area contributed by atoms with E-state index < -0.39 is 6.10 Å². The molecule has 0 amide bonds. The van der Waals surface area contributed by atoms with Crippen molar-refractivity contribution in [3.8, 4) is 0 Å². The van der Waals surface area contributed by atoms with Crippen molar-refractivity contribution in [1.82, 2.24) is 0 Å². The number of hydrogen-bond donors (Lipinski definition) is 3. The molecule has 0 aromatic rings. The van der Waals surface area contributed by atoms with E-state index in [-0.39, 0.29) is 58.3 Å². The van der Waals surface area contributed by atoms with Crippen molar-refractivity contribution in [2.24, 2.45) is 0 Å². The quantitative estimate of drug-likeness (QED) is 0.491. The fraction of sp³-hybridized carbons (Fsp3) is 1.00. The molecule has 0 atom stereocenters. The smallest absolute Gasteiger partial charge is 0.0483 e. The SMILES string of the molecule is CC(C)O.CC(C)O.CC(C)O.CC(C)[O-].[Th]. The van der Waals surface area contributed by atoms with Crippen LogP contribution in [0.15, 0.2) is 0 Å². The van der Waals surface area contributed by atoms with Crippen LogP contribution in [0, 0.1) is 39.9 Å². The Bertz CT molecular complexity index is 61.5. The van der Waals surface area contributed by atoms with Crippen molar-refractivity contribution in [3.63, 3.8) is 0 Å². The number of hydrogen-bond acceptors (Lipinski definition) is 4. The first-order valence-corrected chi connectivity index (χ1v) is 5.63. The molecule has 0 spiro atoms. The Balaban J connectivity index is -0.0000000369. The largest absolute Gasteiger partial charge is 0.852 e. The molecule has 0 saturated carbocycles. The van der Waals surface area contributed by atoms with Crippen LogP contribution in [0.3, 0.4) is 0 Å². The summed E-state index contributed by atoms with van der Waals surface area (Å²) < 4.78 is 0. The molecule has 0 bridgehead atoms. The van der Waals surface area contributed by atoms with E-state index in [2.05, 4.69) is 0 Å². The monoisotopic (exact) mass is 471 g/mol. The second kappa shape index (κ2) is 25.9. The van der Waals surface area contributed by atoms with Gasteiger partial charge in [-0.05, 0) is 41.5 Å². The fourth-order valence-electron chi connectivity index (χ4n) is 0. The van der Waals surface area contributed by atoms with E-state index in [0.29, 0.717) is 0 Å². The van der Waals surface area contributed by atoms with Gasteiger partial charge >= 0.3 is 0 Å². The summed E-state index contributed by atoms with van der Waals surface area (Å²) in [6.07, 6.45) is -0.917. The Hall–Kier alpha value is 1.16. The number of rotatable bonds is 0. The summed E-state index contributed by atoms with van der Waals surface area (Å²) in [6, 6.07) is 0. The first-order valence-electron chi connectivity index (χ1n) is 5.63. The van der Waals surface area contributed by atoms with Crippen LogP contribution in [0.25, 0.3) is 0 Å². The summed E-state index contributed by atoms with van der Waals surface area (Å²) in [5.41, 5.74) is 0. The Morgan fingerprint density at radius 2 is 0.588 bits per heavy atom. The van der Waals surface area contributed by atoms with E-state index in [4.69, 9.17) is 15.3 Å². The summed E-state index contributed by atoms with van der Waals surface area (Å²) in [4.78, 5) is 0. The molecule has 3 N–H and O–H groups in total. The Labute approximate surface area is 139 Å². The Morgan fingerprint density at radius 3 is 0.588 bits per heavy atom. The second-order valence-corrected chi connectivity index (χ2v) is 4.33. The van der Waals surface area contributed by atoms with Crippen LogP contribution >= 0.6 is 0 Å². The fourth-order valence-corrected chi connectivity index (χ4v) is 0. The molecule has 0 heterocycles. The standard InChI is InChI=1S/3C3H8O.C3H7O.Th/c4*1-3(2)4;/h3*3-4H,1-2H3;3H,1-2H3;/q;;;-1;. The van der Waals surface area contributed by atoms with E-state index in [1.54, 1.807) is 55.4 Å². The Morgan fingerprint density at radius 1 is 0.588 bits per heavy atom. The summed E-state index contributed by atoms with van der Waals surface area (Å²) in [5, 5.41) is 33.7. The van der Waals surface area contributed by atoms with Crippen LogP contribution in [0.2, 0.25) is 0 Å². The summed E-state index contributed by atoms with van der Waals surface area (Å²) in [7, 11) is 0. The molecule has 4 nitrogen and oxygen atoms in total. The van der Waals surface area contributed by atoms with Gasteiger partial charge in [-0.25, -0.2) is 0 Å². The van der Waals surface area contributed by atoms with Gasteiger partial charge in [0.15, 0.2) is 0 Å². The van der Waals surface area contributed by atoms with Crippen LogP contribution in [0.4, 0.5) is 0 Å². The maximum Gasteiger partial charge on any atom is 0.0483 e. The molecule has 0 aliphatic heterocycles. The normalized spacial score (nSPS) is 8.47. The predicted octanol–water partition coefficient (Wildman–Crippen LogP) is 0.916. The minimum absolute atomic E-state index is 0. The molecule has 0 aliphatic rings. The second-order valence-electron chi connectivity index (χ2n) is 4.33. The predicted molar refractivity (Wildman–Crippen MR) is 67.2 cm³/mol. The van der Waals surface area contributed by atoms with Gasteiger partial charge < -0.3 is 20.4 Å². The molecule has 108 valence electrons. The molecule has 0 aliphatic carbocycles. The van der Waals surface area contributed by atoms with Gasteiger partial charge in [-0.2, -0.15) is 0 Å². The van der Waals surface area contributed by atoms with Crippen molar-refractivity contribution in [1.29, 1.82) is 0 Å². The third kappa shape index (κ3) is 2910. The van der Waals surface area contributed by atoms with Crippen molar-refractivity contribution in [2.75, 3.05) is 0 Å². The summed E-state index contributed by atoms with van der Waals surface area (Å²) >= 11 is 0. The first kappa shape index (κ1) is 30.9. The molecular weight excluding hydrogens is 440 g/mol. The van der Waals surface area contributed by atoms with Gasteiger partial charge in [0.2, 0.25) is 0 Å². The zero-order chi connectivity index (χ0) is 14.3. The van der Waals surface area contributed by atoms with Crippen LogP contribution in [-0.4, -0.2) is 39.7 Å². The van der Waals surface area contributed by atoms with E-state index in [1.165, 1.54) is 0 Å². The van der Waals surface area contributed by atoms with Gasteiger partial charge in [0.25, 0.3) is 0 Å². The molecule has 0 aromatic carbocycles. The zero-order valence-electron chi connectivity index (χ0n) is 12.6. The van der Waals surface area contributed by atoms with Crippen LogP contribution in [-0.2, 0) is 0 Å². The van der Waals surface area contributed by atoms with E-state index >= 15 is 0 Å². The summed E-state index contributed by atoms with van der Waals surface area (Å²) in [6.45, 7) is 13.6.